The van der Waals surface area contributed by atoms with Gasteiger partial charge in [0.2, 0.25) is 0 Å². The van der Waals surface area contributed by atoms with Crippen molar-refractivity contribution in [2.75, 3.05) is 12.3 Å². The molecule has 0 atom stereocenters. The molecule has 0 amide bonds. The highest BCUT2D eigenvalue weighted by Gasteiger charge is 2.01. The van der Waals surface area contributed by atoms with Crippen molar-refractivity contribution in [2.45, 2.75) is 26.8 Å². The molecule has 0 unspecified atom stereocenters. The number of hydrogen-bond acceptors (Lipinski definition) is 3. The van der Waals surface area contributed by atoms with E-state index in [1.54, 1.807) is 0 Å². The number of aryl methyl sites for hydroxylation is 2. The van der Waals surface area contributed by atoms with E-state index in [0.29, 0.717) is 6.61 Å². The Morgan fingerprint density at radius 2 is 1.94 bits per heavy atom. The van der Waals surface area contributed by atoms with Crippen LogP contribution in [0.2, 0.25) is 0 Å². The van der Waals surface area contributed by atoms with Crippen LogP contribution in [0, 0.1) is 13.8 Å². The summed E-state index contributed by atoms with van der Waals surface area (Å²) >= 11 is 0. The van der Waals surface area contributed by atoms with Crippen molar-refractivity contribution >= 4 is 5.69 Å². The molecule has 1 aromatic heterocycles. The van der Waals surface area contributed by atoms with E-state index in [1.807, 2.05) is 37.5 Å². The molecule has 0 saturated carbocycles. The van der Waals surface area contributed by atoms with E-state index in [9.17, 15) is 0 Å². The van der Waals surface area contributed by atoms with Crippen molar-refractivity contribution in [1.29, 1.82) is 0 Å². The predicted molar refractivity (Wildman–Crippen MR) is 72.7 cm³/mol. The lowest BCUT2D eigenvalue weighted by Gasteiger charge is -2.08. The Labute approximate surface area is 107 Å². The number of anilines is 1. The van der Waals surface area contributed by atoms with Crippen molar-refractivity contribution in [3.8, 4) is 5.75 Å². The molecule has 1 aromatic carbocycles. The molecule has 2 aromatic rings. The first-order valence-corrected chi connectivity index (χ1v) is 6.13. The molecule has 4 heteroatoms. The number of nitrogens with two attached hydrogens (primary N) is 1. The largest absolute Gasteiger partial charge is 0.494 e. The minimum atomic E-state index is 0.695. The van der Waals surface area contributed by atoms with Crippen molar-refractivity contribution in [3.63, 3.8) is 0 Å². The SMILES string of the molecule is Cc1ncn(CCCOc2ccc(N)cc2)c1C. The van der Waals surface area contributed by atoms with Crippen LogP contribution in [0.1, 0.15) is 17.8 Å². The maximum Gasteiger partial charge on any atom is 0.119 e. The zero-order valence-corrected chi connectivity index (χ0v) is 10.9. The molecule has 4 nitrogen and oxygen atoms in total. The van der Waals surface area contributed by atoms with Gasteiger partial charge in [-0.15, -0.1) is 0 Å². The first kappa shape index (κ1) is 12.5. The number of imidazole rings is 1. The number of nitrogens with zero attached hydrogens (tertiary/aromatic N) is 2. The van der Waals surface area contributed by atoms with Gasteiger partial charge in [0.1, 0.15) is 5.75 Å². The highest BCUT2D eigenvalue weighted by molar-refractivity contribution is 5.41. The van der Waals surface area contributed by atoms with Gasteiger partial charge in [-0.2, -0.15) is 0 Å². The van der Waals surface area contributed by atoms with Crippen molar-refractivity contribution in [3.05, 3.63) is 42.0 Å². The molecular weight excluding hydrogens is 226 g/mol. The summed E-state index contributed by atoms with van der Waals surface area (Å²) in [6, 6.07) is 7.47. The van der Waals surface area contributed by atoms with Crippen LogP contribution in [-0.2, 0) is 6.54 Å². The van der Waals surface area contributed by atoms with Gasteiger partial charge in [-0.3, -0.25) is 0 Å². The van der Waals surface area contributed by atoms with Crippen molar-refractivity contribution in [2.24, 2.45) is 0 Å². The monoisotopic (exact) mass is 245 g/mol. The molecule has 18 heavy (non-hydrogen) atoms. The third-order valence-electron chi connectivity index (χ3n) is 3.04. The van der Waals surface area contributed by atoms with Gasteiger partial charge >= 0.3 is 0 Å². The number of rotatable bonds is 5. The first-order chi connectivity index (χ1) is 8.66. The van der Waals surface area contributed by atoms with Crippen LogP contribution in [0.15, 0.2) is 30.6 Å². The quantitative estimate of drug-likeness (QED) is 0.650. The number of benzene rings is 1. The Balaban J connectivity index is 1.76. The lowest BCUT2D eigenvalue weighted by molar-refractivity contribution is 0.301. The van der Waals surface area contributed by atoms with Crippen LogP contribution in [0.3, 0.4) is 0 Å². The maximum absolute atomic E-state index is 5.64. The molecule has 0 aliphatic carbocycles. The number of hydrogen-bond donors (Lipinski definition) is 1. The Morgan fingerprint density at radius 1 is 1.22 bits per heavy atom. The molecular formula is C14H19N3O. The standard InChI is InChI=1S/C14H19N3O/c1-11-12(2)17(10-16-11)8-3-9-18-14-6-4-13(15)5-7-14/h4-7,10H,3,8-9,15H2,1-2H3. The Hall–Kier alpha value is -1.97. The second-order valence-electron chi connectivity index (χ2n) is 4.38. The lowest BCUT2D eigenvalue weighted by atomic mass is 10.3. The van der Waals surface area contributed by atoms with E-state index < -0.39 is 0 Å². The van der Waals surface area contributed by atoms with Crippen molar-refractivity contribution in [1.82, 2.24) is 9.55 Å². The maximum atomic E-state index is 5.64. The van der Waals surface area contributed by atoms with Gasteiger partial charge in [0.25, 0.3) is 0 Å². The summed E-state index contributed by atoms with van der Waals surface area (Å²) in [6.07, 6.45) is 2.84. The van der Waals surface area contributed by atoms with Crippen LogP contribution >= 0.6 is 0 Å². The average molecular weight is 245 g/mol. The van der Waals surface area contributed by atoms with Gasteiger partial charge in [-0.05, 0) is 44.5 Å². The van der Waals surface area contributed by atoms with Gasteiger partial charge in [0, 0.05) is 17.9 Å². The van der Waals surface area contributed by atoms with Crippen molar-refractivity contribution < 1.29 is 4.74 Å². The van der Waals surface area contributed by atoms with Crippen LogP contribution in [-0.4, -0.2) is 16.2 Å². The molecule has 0 spiro atoms. The minimum absolute atomic E-state index is 0.695. The van der Waals surface area contributed by atoms with Crippen LogP contribution < -0.4 is 10.5 Å². The summed E-state index contributed by atoms with van der Waals surface area (Å²) < 4.78 is 7.79. The summed E-state index contributed by atoms with van der Waals surface area (Å²) in [5.74, 6) is 0.864. The summed E-state index contributed by atoms with van der Waals surface area (Å²) in [5, 5.41) is 0. The summed E-state index contributed by atoms with van der Waals surface area (Å²) in [7, 11) is 0. The van der Waals surface area contributed by atoms with Gasteiger partial charge in [0.05, 0.1) is 18.6 Å². The smallest absolute Gasteiger partial charge is 0.119 e. The zero-order valence-electron chi connectivity index (χ0n) is 10.9. The third-order valence-corrected chi connectivity index (χ3v) is 3.04. The van der Waals surface area contributed by atoms with E-state index in [2.05, 4.69) is 16.5 Å². The minimum Gasteiger partial charge on any atom is -0.494 e. The van der Waals surface area contributed by atoms with E-state index in [4.69, 9.17) is 10.5 Å². The molecule has 0 aliphatic rings. The fourth-order valence-corrected chi connectivity index (χ4v) is 1.76. The molecule has 96 valence electrons. The fourth-order valence-electron chi connectivity index (χ4n) is 1.76. The van der Waals surface area contributed by atoms with E-state index >= 15 is 0 Å². The topological polar surface area (TPSA) is 53.1 Å². The van der Waals surface area contributed by atoms with Crippen LogP contribution in [0.25, 0.3) is 0 Å². The lowest BCUT2D eigenvalue weighted by Crippen LogP contribution is -2.05. The third kappa shape index (κ3) is 3.03. The Bertz CT molecular complexity index is 502. The highest BCUT2D eigenvalue weighted by atomic mass is 16.5. The average Bonchev–Trinajstić information content (AvgIpc) is 2.68. The fraction of sp³-hybridized carbons (Fsp3) is 0.357. The summed E-state index contributed by atoms with van der Waals surface area (Å²) in [6.45, 7) is 5.74. The van der Waals surface area contributed by atoms with Gasteiger partial charge < -0.3 is 15.0 Å². The van der Waals surface area contributed by atoms with Gasteiger partial charge in [0.15, 0.2) is 0 Å². The van der Waals surface area contributed by atoms with E-state index in [1.165, 1.54) is 5.69 Å². The molecule has 0 saturated heterocycles. The molecule has 0 radical (unpaired) electrons. The second-order valence-corrected chi connectivity index (χ2v) is 4.38. The van der Waals surface area contributed by atoms with E-state index in [-0.39, 0.29) is 0 Å². The van der Waals surface area contributed by atoms with Crippen LogP contribution in [0.5, 0.6) is 5.75 Å². The summed E-state index contributed by atoms with van der Waals surface area (Å²) in [4.78, 5) is 4.27. The highest BCUT2D eigenvalue weighted by Crippen LogP contribution is 2.13. The van der Waals surface area contributed by atoms with E-state index in [0.717, 1.165) is 30.1 Å². The zero-order chi connectivity index (χ0) is 13.0. The number of nitrogen functional groups attached to an aromatic ring is 1. The molecule has 2 rings (SSSR count). The Kier molecular flexibility index (Phi) is 3.87. The second kappa shape index (κ2) is 5.58. The molecule has 0 aliphatic heterocycles. The number of aromatic nitrogens is 2. The Morgan fingerprint density at radius 3 is 2.56 bits per heavy atom. The number of ether oxygens (including phenoxy) is 1. The first-order valence-electron chi connectivity index (χ1n) is 6.13. The summed E-state index contributed by atoms with van der Waals surface area (Å²) in [5.41, 5.74) is 8.68. The molecule has 1 heterocycles. The molecule has 0 fully saturated rings. The van der Waals surface area contributed by atoms with Gasteiger partial charge in [-0.1, -0.05) is 0 Å². The van der Waals surface area contributed by atoms with Crippen LogP contribution in [0.4, 0.5) is 5.69 Å². The normalized spacial score (nSPS) is 10.6. The molecule has 0 bridgehead atoms. The predicted octanol–water partition coefficient (Wildman–Crippen LogP) is 2.55. The molecule has 2 N–H and O–H groups in total. The van der Waals surface area contributed by atoms with Gasteiger partial charge in [-0.25, -0.2) is 4.98 Å².